The van der Waals surface area contributed by atoms with Gasteiger partial charge in [0.1, 0.15) is 0 Å². The van der Waals surface area contributed by atoms with E-state index in [9.17, 15) is 4.79 Å². The molecular formula is C15H25N3O2. The van der Waals surface area contributed by atoms with Gasteiger partial charge in [-0.25, -0.2) is 4.79 Å². The van der Waals surface area contributed by atoms with Crippen molar-refractivity contribution >= 4 is 17.4 Å². The third kappa shape index (κ3) is 4.74. The molecule has 1 atom stereocenters. The highest BCUT2D eigenvalue weighted by Crippen LogP contribution is 2.24. The van der Waals surface area contributed by atoms with E-state index in [0.717, 1.165) is 24.3 Å². The van der Waals surface area contributed by atoms with Crippen molar-refractivity contribution in [2.75, 3.05) is 30.4 Å². The van der Waals surface area contributed by atoms with Crippen molar-refractivity contribution < 1.29 is 9.90 Å². The Hall–Kier alpha value is -1.75. The maximum absolute atomic E-state index is 12.0. The molecule has 112 valence electrons. The zero-order chi connectivity index (χ0) is 15.0. The molecule has 2 amide bonds. The summed E-state index contributed by atoms with van der Waals surface area (Å²) < 4.78 is 0. The van der Waals surface area contributed by atoms with Crippen LogP contribution in [0.4, 0.5) is 16.2 Å². The maximum Gasteiger partial charge on any atom is 0.319 e. The van der Waals surface area contributed by atoms with Crippen LogP contribution in [0.25, 0.3) is 0 Å². The van der Waals surface area contributed by atoms with Gasteiger partial charge >= 0.3 is 6.03 Å². The smallest absolute Gasteiger partial charge is 0.319 e. The fourth-order valence-electron chi connectivity index (χ4n) is 1.96. The Kier molecular flexibility index (Phi) is 6.87. The molecule has 3 N–H and O–H groups in total. The predicted molar refractivity (Wildman–Crippen MR) is 83.3 cm³/mol. The molecule has 1 rings (SSSR count). The van der Waals surface area contributed by atoms with Crippen molar-refractivity contribution in [3.05, 3.63) is 24.3 Å². The highest BCUT2D eigenvalue weighted by Gasteiger charge is 2.12. The highest BCUT2D eigenvalue weighted by atomic mass is 16.3. The number of nitrogens with zero attached hydrogens (tertiary/aromatic N) is 1. The third-order valence-corrected chi connectivity index (χ3v) is 3.34. The molecule has 1 aromatic carbocycles. The van der Waals surface area contributed by atoms with Gasteiger partial charge in [-0.05, 0) is 31.9 Å². The van der Waals surface area contributed by atoms with Gasteiger partial charge in [-0.3, -0.25) is 0 Å². The van der Waals surface area contributed by atoms with Gasteiger partial charge in [0.15, 0.2) is 0 Å². The lowest BCUT2D eigenvalue weighted by atomic mass is 10.1. The Labute approximate surface area is 121 Å². The van der Waals surface area contributed by atoms with E-state index in [-0.39, 0.29) is 18.7 Å². The molecule has 0 fully saturated rings. The second-order valence-electron chi connectivity index (χ2n) is 4.75. The molecule has 0 aliphatic heterocycles. The van der Waals surface area contributed by atoms with Gasteiger partial charge in [0.2, 0.25) is 0 Å². The number of aliphatic hydroxyl groups is 1. The molecule has 1 unspecified atom stereocenters. The number of urea groups is 1. The van der Waals surface area contributed by atoms with Gasteiger partial charge in [-0.2, -0.15) is 0 Å². The first kappa shape index (κ1) is 16.3. The van der Waals surface area contributed by atoms with E-state index in [1.165, 1.54) is 0 Å². The van der Waals surface area contributed by atoms with E-state index < -0.39 is 0 Å². The summed E-state index contributed by atoms with van der Waals surface area (Å²) >= 11 is 0. The second kappa shape index (κ2) is 8.43. The standard InChI is InChI=1S/C15H25N3O2/c1-4-12(10-11-19)16-15(20)17-13-8-6-7-9-14(13)18(3)5-2/h6-9,12,19H,4-5,10-11H2,1-3H3,(H2,16,17,20). The number of rotatable bonds is 7. The molecular weight excluding hydrogens is 254 g/mol. The summed E-state index contributed by atoms with van der Waals surface area (Å²) in [5, 5.41) is 14.7. The fraction of sp³-hybridized carbons (Fsp3) is 0.533. The molecule has 0 aliphatic rings. The van der Waals surface area contributed by atoms with Crippen molar-refractivity contribution in [1.29, 1.82) is 0 Å². The Morgan fingerprint density at radius 2 is 2.05 bits per heavy atom. The molecule has 1 aromatic rings. The Balaban J connectivity index is 2.70. The summed E-state index contributed by atoms with van der Waals surface area (Å²) in [6, 6.07) is 7.47. The topological polar surface area (TPSA) is 64.6 Å². The summed E-state index contributed by atoms with van der Waals surface area (Å²) in [4.78, 5) is 14.1. The van der Waals surface area contributed by atoms with Crippen LogP contribution in [0.15, 0.2) is 24.3 Å². The Bertz CT molecular complexity index is 423. The van der Waals surface area contributed by atoms with Gasteiger partial charge < -0.3 is 20.6 Å². The van der Waals surface area contributed by atoms with Gasteiger partial charge in [0.25, 0.3) is 0 Å². The van der Waals surface area contributed by atoms with Gasteiger partial charge in [-0.1, -0.05) is 19.1 Å². The number of para-hydroxylation sites is 2. The molecule has 0 radical (unpaired) electrons. The summed E-state index contributed by atoms with van der Waals surface area (Å²) in [6.45, 7) is 4.99. The lowest BCUT2D eigenvalue weighted by Gasteiger charge is -2.22. The molecule has 20 heavy (non-hydrogen) atoms. The minimum atomic E-state index is -0.234. The lowest BCUT2D eigenvalue weighted by molar-refractivity contribution is 0.237. The zero-order valence-electron chi connectivity index (χ0n) is 12.5. The quantitative estimate of drug-likeness (QED) is 0.718. The summed E-state index contributed by atoms with van der Waals surface area (Å²) in [7, 11) is 1.99. The number of hydrogen-bond donors (Lipinski definition) is 3. The molecule has 0 aromatic heterocycles. The summed E-state index contributed by atoms with van der Waals surface area (Å²) in [5.41, 5.74) is 1.77. The minimum absolute atomic E-state index is 0.00364. The summed E-state index contributed by atoms with van der Waals surface area (Å²) in [5.74, 6) is 0. The predicted octanol–water partition coefficient (Wildman–Crippen LogP) is 2.43. The fourth-order valence-corrected chi connectivity index (χ4v) is 1.96. The van der Waals surface area contributed by atoms with Gasteiger partial charge in [-0.15, -0.1) is 0 Å². The van der Waals surface area contributed by atoms with E-state index in [1.807, 2.05) is 38.2 Å². The molecule has 5 nitrogen and oxygen atoms in total. The number of carbonyl (C=O) groups excluding carboxylic acids is 1. The second-order valence-corrected chi connectivity index (χ2v) is 4.75. The molecule has 5 heteroatoms. The molecule has 0 spiro atoms. The minimum Gasteiger partial charge on any atom is -0.396 e. The largest absolute Gasteiger partial charge is 0.396 e. The van der Waals surface area contributed by atoms with E-state index >= 15 is 0 Å². The van der Waals surface area contributed by atoms with Crippen LogP contribution in [0.1, 0.15) is 26.7 Å². The van der Waals surface area contributed by atoms with E-state index in [0.29, 0.717) is 6.42 Å². The van der Waals surface area contributed by atoms with Crippen molar-refractivity contribution in [2.45, 2.75) is 32.7 Å². The first-order valence-electron chi connectivity index (χ1n) is 7.10. The van der Waals surface area contributed by atoms with Crippen LogP contribution >= 0.6 is 0 Å². The van der Waals surface area contributed by atoms with Crippen molar-refractivity contribution in [3.8, 4) is 0 Å². The first-order chi connectivity index (χ1) is 9.62. The Morgan fingerprint density at radius 1 is 1.35 bits per heavy atom. The number of aliphatic hydroxyl groups excluding tert-OH is 1. The van der Waals surface area contributed by atoms with Gasteiger partial charge in [0, 0.05) is 26.2 Å². The van der Waals surface area contributed by atoms with E-state index in [4.69, 9.17) is 5.11 Å². The van der Waals surface area contributed by atoms with Crippen LogP contribution in [-0.4, -0.2) is 37.4 Å². The Morgan fingerprint density at radius 3 is 2.65 bits per heavy atom. The third-order valence-electron chi connectivity index (χ3n) is 3.34. The number of carbonyl (C=O) groups is 1. The normalized spacial score (nSPS) is 11.8. The molecule has 0 bridgehead atoms. The molecule has 0 saturated heterocycles. The zero-order valence-corrected chi connectivity index (χ0v) is 12.5. The maximum atomic E-state index is 12.0. The van der Waals surface area contributed by atoms with E-state index in [1.54, 1.807) is 0 Å². The van der Waals surface area contributed by atoms with Crippen LogP contribution in [0.2, 0.25) is 0 Å². The number of nitrogens with one attached hydrogen (secondary N) is 2. The van der Waals surface area contributed by atoms with Crippen molar-refractivity contribution in [2.24, 2.45) is 0 Å². The first-order valence-corrected chi connectivity index (χ1v) is 7.10. The highest BCUT2D eigenvalue weighted by molar-refractivity contribution is 5.93. The van der Waals surface area contributed by atoms with Crippen LogP contribution in [0.3, 0.4) is 0 Å². The number of benzene rings is 1. The lowest BCUT2D eigenvalue weighted by Crippen LogP contribution is -2.38. The number of anilines is 2. The number of amides is 2. The molecule has 0 saturated carbocycles. The number of hydrogen-bond acceptors (Lipinski definition) is 3. The van der Waals surface area contributed by atoms with Gasteiger partial charge in [0.05, 0.1) is 11.4 Å². The van der Waals surface area contributed by atoms with Crippen molar-refractivity contribution in [1.82, 2.24) is 5.32 Å². The average Bonchev–Trinajstić information content (AvgIpc) is 2.46. The van der Waals surface area contributed by atoms with E-state index in [2.05, 4.69) is 22.5 Å². The average molecular weight is 279 g/mol. The molecule has 0 aliphatic carbocycles. The van der Waals surface area contributed by atoms with Crippen LogP contribution < -0.4 is 15.5 Å². The SMILES string of the molecule is CCC(CCO)NC(=O)Nc1ccccc1N(C)CC. The van der Waals surface area contributed by atoms with Crippen LogP contribution in [-0.2, 0) is 0 Å². The van der Waals surface area contributed by atoms with Crippen LogP contribution in [0.5, 0.6) is 0 Å². The van der Waals surface area contributed by atoms with Crippen molar-refractivity contribution in [3.63, 3.8) is 0 Å². The molecule has 0 heterocycles. The monoisotopic (exact) mass is 279 g/mol. The summed E-state index contributed by atoms with van der Waals surface area (Å²) in [6.07, 6.45) is 1.37. The van der Waals surface area contributed by atoms with Crippen LogP contribution in [0, 0.1) is 0 Å².